The van der Waals surface area contributed by atoms with Crippen LogP contribution in [0.5, 0.6) is 0 Å². The maximum atomic E-state index is 12.2. The maximum absolute atomic E-state index is 12.2. The molecule has 3 amide bonds. The Labute approximate surface area is 183 Å². The lowest BCUT2D eigenvalue weighted by Gasteiger charge is -2.33. The van der Waals surface area contributed by atoms with E-state index in [2.05, 4.69) is 32.5 Å². The minimum Gasteiger partial charge on any atom is -0.354 e. The van der Waals surface area contributed by atoms with E-state index < -0.39 is 0 Å². The number of urea groups is 1. The van der Waals surface area contributed by atoms with Gasteiger partial charge in [-0.3, -0.25) is 4.79 Å². The third-order valence-corrected chi connectivity index (χ3v) is 5.85. The molecule has 2 N–H and O–H groups in total. The summed E-state index contributed by atoms with van der Waals surface area (Å²) >= 11 is 0. The average molecular weight is 423 g/mol. The zero-order valence-corrected chi connectivity index (χ0v) is 18.0. The third-order valence-electron chi connectivity index (χ3n) is 5.85. The molecular formula is C23H30N6O2. The van der Waals surface area contributed by atoms with Crippen LogP contribution in [0.4, 0.5) is 16.3 Å². The number of anilines is 2. The van der Waals surface area contributed by atoms with Gasteiger partial charge in [-0.25, -0.2) is 9.78 Å². The normalized spacial score (nSPS) is 17.1. The van der Waals surface area contributed by atoms with Crippen molar-refractivity contribution in [3.8, 4) is 0 Å². The molecule has 2 aromatic rings. The van der Waals surface area contributed by atoms with Gasteiger partial charge in [-0.1, -0.05) is 18.2 Å². The largest absolute Gasteiger partial charge is 0.354 e. The number of hydrogen-bond acceptors (Lipinski definition) is 5. The van der Waals surface area contributed by atoms with Crippen molar-refractivity contribution in [2.45, 2.75) is 25.9 Å². The van der Waals surface area contributed by atoms with Crippen molar-refractivity contribution in [3.63, 3.8) is 0 Å². The van der Waals surface area contributed by atoms with Gasteiger partial charge >= 0.3 is 6.03 Å². The molecule has 0 radical (unpaired) electrons. The van der Waals surface area contributed by atoms with Crippen molar-refractivity contribution < 1.29 is 9.59 Å². The van der Waals surface area contributed by atoms with Gasteiger partial charge in [-0.05, 0) is 42.8 Å². The van der Waals surface area contributed by atoms with E-state index in [1.165, 1.54) is 0 Å². The molecular weight excluding hydrogens is 392 g/mol. The zero-order chi connectivity index (χ0) is 21.6. The number of likely N-dealkylation sites (tertiary alicyclic amines) is 1. The summed E-state index contributed by atoms with van der Waals surface area (Å²) in [6.45, 7) is 5.92. The Morgan fingerprint density at radius 1 is 1.00 bits per heavy atom. The standard InChI is InChI=1S/C23H30N6O2/c1-27-11-13-28(14-12-27)21-9-6-19(15-24-21)16-25-23(31)26-20-7-4-18(5-8-20)17-29-10-2-3-22(29)30/h4-9,15H,2-3,10-14,16-17H2,1H3,(H2,25,26,31). The van der Waals surface area contributed by atoms with E-state index >= 15 is 0 Å². The fourth-order valence-electron chi connectivity index (χ4n) is 3.89. The Morgan fingerprint density at radius 3 is 2.39 bits per heavy atom. The molecule has 0 bridgehead atoms. The maximum Gasteiger partial charge on any atom is 0.319 e. The average Bonchev–Trinajstić information content (AvgIpc) is 3.19. The summed E-state index contributed by atoms with van der Waals surface area (Å²) < 4.78 is 0. The van der Waals surface area contributed by atoms with Gasteiger partial charge < -0.3 is 25.3 Å². The Morgan fingerprint density at radius 2 is 1.74 bits per heavy atom. The number of carbonyl (C=O) groups excluding carboxylic acids is 2. The lowest BCUT2D eigenvalue weighted by molar-refractivity contribution is -0.128. The summed E-state index contributed by atoms with van der Waals surface area (Å²) in [5.41, 5.74) is 2.74. The van der Waals surface area contributed by atoms with Gasteiger partial charge in [0.1, 0.15) is 5.82 Å². The van der Waals surface area contributed by atoms with Crippen LogP contribution in [0.2, 0.25) is 0 Å². The molecule has 0 aliphatic carbocycles. The van der Waals surface area contributed by atoms with Gasteiger partial charge in [0.05, 0.1) is 0 Å². The highest BCUT2D eigenvalue weighted by Gasteiger charge is 2.20. The highest BCUT2D eigenvalue weighted by atomic mass is 16.2. The minimum absolute atomic E-state index is 0.215. The number of likely N-dealkylation sites (N-methyl/N-ethyl adjacent to an activating group) is 1. The predicted molar refractivity (Wildman–Crippen MR) is 121 cm³/mol. The van der Waals surface area contributed by atoms with Crippen LogP contribution in [0.3, 0.4) is 0 Å². The van der Waals surface area contributed by atoms with Crippen LogP contribution in [-0.4, -0.2) is 66.5 Å². The molecule has 8 heteroatoms. The molecule has 3 heterocycles. The van der Waals surface area contributed by atoms with Crippen LogP contribution in [0.1, 0.15) is 24.0 Å². The minimum atomic E-state index is -0.259. The highest BCUT2D eigenvalue weighted by molar-refractivity contribution is 5.89. The fraction of sp³-hybridized carbons (Fsp3) is 0.435. The number of rotatable bonds is 6. The highest BCUT2D eigenvalue weighted by Crippen LogP contribution is 2.17. The van der Waals surface area contributed by atoms with Gasteiger partial charge in [0.15, 0.2) is 0 Å². The second-order valence-corrected chi connectivity index (χ2v) is 8.24. The Kier molecular flexibility index (Phi) is 6.66. The number of carbonyl (C=O) groups is 2. The van der Waals surface area contributed by atoms with E-state index in [0.29, 0.717) is 19.5 Å². The van der Waals surface area contributed by atoms with Gasteiger partial charge in [-0.2, -0.15) is 0 Å². The van der Waals surface area contributed by atoms with E-state index in [0.717, 1.165) is 61.8 Å². The van der Waals surface area contributed by atoms with Crippen LogP contribution in [0.25, 0.3) is 0 Å². The number of aromatic nitrogens is 1. The van der Waals surface area contributed by atoms with E-state index in [-0.39, 0.29) is 11.9 Å². The molecule has 8 nitrogen and oxygen atoms in total. The first-order valence-electron chi connectivity index (χ1n) is 10.9. The summed E-state index contributed by atoms with van der Waals surface area (Å²) in [7, 11) is 2.13. The smallest absolute Gasteiger partial charge is 0.319 e. The van der Waals surface area contributed by atoms with E-state index in [1.54, 1.807) is 0 Å². The summed E-state index contributed by atoms with van der Waals surface area (Å²) in [5.74, 6) is 1.20. The number of nitrogens with zero attached hydrogens (tertiary/aromatic N) is 4. The van der Waals surface area contributed by atoms with Crippen LogP contribution in [0.15, 0.2) is 42.6 Å². The number of nitrogens with one attached hydrogen (secondary N) is 2. The summed E-state index contributed by atoms with van der Waals surface area (Å²) in [6, 6.07) is 11.4. The topological polar surface area (TPSA) is 80.8 Å². The van der Waals surface area contributed by atoms with E-state index in [1.807, 2.05) is 47.5 Å². The van der Waals surface area contributed by atoms with Crippen molar-refractivity contribution in [2.24, 2.45) is 0 Å². The molecule has 1 aromatic carbocycles. The first kappa shape index (κ1) is 21.1. The Bertz CT molecular complexity index is 891. The zero-order valence-electron chi connectivity index (χ0n) is 18.0. The number of benzene rings is 1. The van der Waals surface area contributed by atoms with Gasteiger partial charge in [0.2, 0.25) is 5.91 Å². The van der Waals surface area contributed by atoms with Crippen molar-refractivity contribution in [2.75, 3.05) is 50.0 Å². The molecule has 2 fully saturated rings. The molecule has 0 atom stereocenters. The van der Waals surface area contributed by atoms with Gasteiger partial charge in [0.25, 0.3) is 0 Å². The first-order chi connectivity index (χ1) is 15.1. The number of amides is 3. The molecule has 2 saturated heterocycles. The molecule has 2 aliphatic heterocycles. The molecule has 31 heavy (non-hydrogen) atoms. The van der Waals surface area contributed by atoms with Crippen molar-refractivity contribution in [3.05, 3.63) is 53.7 Å². The molecule has 1 aromatic heterocycles. The summed E-state index contributed by atoms with van der Waals surface area (Å²) in [5, 5.41) is 5.71. The second kappa shape index (κ2) is 9.78. The number of piperazine rings is 1. The summed E-state index contributed by atoms with van der Waals surface area (Å²) in [4.78, 5) is 35.0. The monoisotopic (exact) mass is 422 g/mol. The van der Waals surface area contributed by atoms with Crippen molar-refractivity contribution >= 4 is 23.4 Å². The number of hydrogen-bond donors (Lipinski definition) is 2. The van der Waals surface area contributed by atoms with E-state index in [4.69, 9.17) is 0 Å². The quantitative estimate of drug-likeness (QED) is 0.747. The van der Waals surface area contributed by atoms with Crippen molar-refractivity contribution in [1.82, 2.24) is 20.1 Å². The van der Waals surface area contributed by atoms with Crippen LogP contribution in [-0.2, 0) is 17.9 Å². The Hall–Kier alpha value is -3.13. The van der Waals surface area contributed by atoms with Crippen molar-refractivity contribution in [1.29, 1.82) is 0 Å². The molecule has 0 saturated carbocycles. The van der Waals surface area contributed by atoms with Crippen LogP contribution >= 0.6 is 0 Å². The molecule has 0 unspecified atom stereocenters. The SMILES string of the molecule is CN1CCN(c2ccc(CNC(=O)Nc3ccc(CN4CCCC4=O)cc3)cn2)CC1. The number of pyridine rings is 1. The van der Waals surface area contributed by atoms with Crippen LogP contribution < -0.4 is 15.5 Å². The molecule has 0 spiro atoms. The third kappa shape index (κ3) is 5.73. The first-order valence-corrected chi connectivity index (χ1v) is 10.9. The van der Waals surface area contributed by atoms with Crippen LogP contribution in [0, 0.1) is 0 Å². The van der Waals surface area contributed by atoms with Gasteiger partial charge in [0, 0.05) is 64.1 Å². The summed E-state index contributed by atoms with van der Waals surface area (Å²) in [6.07, 6.45) is 3.41. The molecule has 4 rings (SSSR count). The molecule has 2 aliphatic rings. The fourth-order valence-corrected chi connectivity index (χ4v) is 3.89. The Balaban J connectivity index is 1.22. The lowest BCUT2D eigenvalue weighted by atomic mass is 10.2. The van der Waals surface area contributed by atoms with Gasteiger partial charge in [-0.15, -0.1) is 0 Å². The lowest BCUT2D eigenvalue weighted by Crippen LogP contribution is -2.44. The predicted octanol–water partition coefficient (Wildman–Crippen LogP) is 2.28. The second-order valence-electron chi connectivity index (χ2n) is 8.24. The molecule has 164 valence electrons. The van der Waals surface area contributed by atoms with E-state index in [9.17, 15) is 9.59 Å².